The average Bonchev–Trinajstić information content (AvgIpc) is 2.53. The Balaban J connectivity index is 2.17. The van der Waals surface area contributed by atoms with Crippen LogP contribution in [-0.4, -0.2) is 18.6 Å². The molecule has 1 heterocycles. The maximum atomic E-state index is 5.89. The monoisotopic (exact) mass is 286 g/mol. The smallest absolute Gasteiger partial charge is 0.169 e. The van der Waals surface area contributed by atoms with Gasteiger partial charge in [-0.2, -0.15) is 0 Å². The third-order valence-electron chi connectivity index (χ3n) is 3.16. The molecule has 0 aliphatic rings. The quantitative estimate of drug-likeness (QED) is 0.825. The van der Waals surface area contributed by atoms with Crippen molar-refractivity contribution in [3.63, 3.8) is 0 Å². The lowest BCUT2D eigenvalue weighted by atomic mass is 10.1. The lowest BCUT2D eigenvalue weighted by molar-refractivity contribution is 0.378. The van der Waals surface area contributed by atoms with Gasteiger partial charge in [0.15, 0.2) is 11.5 Å². The molecule has 0 aliphatic heterocycles. The Morgan fingerprint density at radius 3 is 2.67 bits per heavy atom. The Kier molecular flexibility index (Phi) is 5.43. The first-order chi connectivity index (χ1) is 10.3. The fourth-order valence-corrected chi connectivity index (χ4v) is 1.98. The SMILES string of the molecule is CCCNc1cncc(Oc2ccc(CC)cc2OC)c1. The first-order valence-corrected chi connectivity index (χ1v) is 7.30. The van der Waals surface area contributed by atoms with Crippen LogP contribution in [0.25, 0.3) is 0 Å². The minimum Gasteiger partial charge on any atom is -0.493 e. The van der Waals surface area contributed by atoms with E-state index in [-0.39, 0.29) is 0 Å². The van der Waals surface area contributed by atoms with E-state index in [0.717, 1.165) is 30.8 Å². The Bertz CT molecular complexity index is 585. The zero-order valence-corrected chi connectivity index (χ0v) is 12.8. The molecule has 0 amide bonds. The van der Waals surface area contributed by atoms with Crippen molar-refractivity contribution >= 4 is 5.69 Å². The van der Waals surface area contributed by atoms with Gasteiger partial charge >= 0.3 is 0 Å². The van der Waals surface area contributed by atoms with Crippen molar-refractivity contribution in [3.05, 3.63) is 42.2 Å². The topological polar surface area (TPSA) is 43.4 Å². The first kappa shape index (κ1) is 15.2. The second-order valence-electron chi connectivity index (χ2n) is 4.78. The Morgan fingerprint density at radius 1 is 1.10 bits per heavy atom. The second-order valence-corrected chi connectivity index (χ2v) is 4.78. The number of aromatic nitrogens is 1. The van der Waals surface area contributed by atoms with Gasteiger partial charge in [0.25, 0.3) is 0 Å². The molecule has 2 rings (SSSR count). The van der Waals surface area contributed by atoms with Gasteiger partial charge in [-0.3, -0.25) is 4.98 Å². The largest absolute Gasteiger partial charge is 0.493 e. The minimum absolute atomic E-state index is 0.693. The standard InChI is InChI=1S/C17H22N2O2/c1-4-8-19-14-10-15(12-18-11-14)21-16-7-6-13(5-2)9-17(16)20-3/h6-7,9-12,19H,4-5,8H2,1-3H3. The molecule has 0 radical (unpaired) electrons. The van der Waals surface area contributed by atoms with E-state index >= 15 is 0 Å². The minimum atomic E-state index is 0.693. The van der Waals surface area contributed by atoms with Crippen LogP contribution in [0.3, 0.4) is 0 Å². The number of nitrogens with zero attached hydrogens (tertiary/aromatic N) is 1. The number of nitrogens with one attached hydrogen (secondary N) is 1. The highest BCUT2D eigenvalue weighted by Crippen LogP contribution is 2.32. The molecule has 0 fully saturated rings. The van der Waals surface area contributed by atoms with Crippen LogP contribution < -0.4 is 14.8 Å². The van der Waals surface area contributed by atoms with Crippen molar-refractivity contribution < 1.29 is 9.47 Å². The van der Waals surface area contributed by atoms with Crippen LogP contribution in [-0.2, 0) is 6.42 Å². The number of aryl methyl sites for hydroxylation is 1. The molecule has 4 nitrogen and oxygen atoms in total. The van der Waals surface area contributed by atoms with E-state index in [1.807, 2.05) is 24.3 Å². The molecule has 0 bridgehead atoms. The summed E-state index contributed by atoms with van der Waals surface area (Å²) in [6.07, 6.45) is 5.52. The van der Waals surface area contributed by atoms with Crippen molar-refractivity contribution in [2.24, 2.45) is 0 Å². The average molecular weight is 286 g/mol. The van der Waals surface area contributed by atoms with Crippen LogP contribution in [0.1, 0.15) is 25.8 Å². The summed E-state index contributed by atoms with van der Waals surface area (Å²) in [5.74, 6) is 2.13. The molecule has 21 heavy (non-hydrogen) atoms. The molecule has 0 unspecified atom stereocenters. The van der Waals surface area contributed by atoms with Crippen LogP contribution in [0.15, 0.2) is 36.7 Å². The lowest BCUT2D eigenvalue weighted by Crippen LogP contribution is -2.00. The molecule has 1 N–H and O–H groups in total. The van der Waals surface area contributed by atoms with Gasteiger partial charge in [0, 0.05) is 12.6 Å². The predicted molar refractivity (Wildman–Crippen MR) is 85.5 cm³/mol. The molecular formula is C17H22N2O2. The van der Waals surface area contributed by atoms with Gasteiger partial charge in [-0.25, -0.2) is 0 Å². The molecule has 0 spiro atoms. The number of benzene rings is 1. The van der Waals surface area contributed by atoms with Crippen molar-refractivity contribution in [1.82, 2.24) is 4.98 Å². The Labute approximate surface area is 126 Å². The summed E-state index contributed by atoms with van der Waals surface area (Å²) in [4.78, 5) is 4.19. The Morgan fingerprint density at radius 2 is 1.95 bits per heavy atom. The van der Waals surface area contributed by atoms with E-state index in [9.17, 15) is 0 Å². The molecule has 112 valence electrons. The van der Waals surface area contributed by atoms with Crippen molar-refractivity contribution in [2.45, 2.75) is 26.7 Å². The van der Waals surface area contributed by atoms with Gasteiger partial charge in [-0.1, -0.05) is 19.9 Å². The van der Waals surface area contributed by atoms with Crippen LogP contribution in [0.5, 0.6) is 17.2 Å². The molecule has 0 atom stereocenters. The summed E-state index contributed by atoms with van der Waals surface area (Å²) < 4.78 is 11.3. The van der Waals surface area contributed by atoms with Gasteiger partial charge < -0.3 is 14.8 Å². The molecule has 1 aromatic carbocycles. The number of hydrogen-bond donors (Lipinski definition) is 1. The molecule has 2 aromatic rings. The molecule has 0 aliphatic carbocycles. The van der Waals surface area contributed by atoms with Crippen molar-refractivity contribution in [1.29, 1.82) is 0 Å². The molecule has 0 saturated heterocycles. The predicted octanol–water partition coefficient (Wildman–Crippen LogP) is 4.27. The number of hydrogen-bond acceptors (Lipinski definition) is 4. The molecule has 0 saturated carbocycles. The third-order valence-corrected chi connectivity index (χ3v) is 3.16. The number of methoxy groups -OCH3 is 1. The highest BCUT2D eigenvalue weighted by molar-refractivity contribution is 5.49. The second kappa shape index (κ2) is 7.53. The first-order valence-electron chi connectivity index (χ1n) is 7.30. The lowest BCUT2D eigenvalue weighted by Gasteiger charge is -2.12. The van der Waals surface area contributed by atoms with Gasteiger partial charge in [-0.15, -0.1) is 0 Å². The van der Waals surface area contributed by atoms with Crippen LogP contribution in [0.2, 0.25) is 0 Å². The highest BCUT2D eigenvalue weighted by atomic mass is 16.5. The van der Waals surface area contributed by atoms with Gasteiger partial charge in [0.05, 0.1) is 25.2 Å². The van der Waals surface area contributed by atoms with E-state index < -0.39 is 0 Å². The summed E-state index contributed by atoms with van der Waals surface area (Å²) in [5.41, 5.74) is 2.18. The summed E-state index contributed by atoms with van der Waals surface area (Å²) >= 11 is 0. The van der Waals surface area contributed by atoms with E-state index in [4.69, 9.17) is 9.47 Å². The number of pyridine rings is 1. The maximum Gasteiger partial charge on any atom is 0.169 e. The fourth-order valence-electron chi connectivity index (χ4n) is 1.98. The van der Waals surface area contributed by atoms with Crippen molar-refractivity contribution in [3.8, 4) is 17.2 Å². The van der Waals surface area contributed by atoms with E-state index in [0.29, 0.717) is 11.5 Å². The van der Waals surface area contributed by atoms with Crippen LogP contribution in [0.4, 0.5) is 5.69 Å². The third kappa shape index (κ3) is 4.12. The highest BCUT2D eigenvalue weighted by Gasteiger charge is 2.07. The van der Waals surface area contributed by atoms with Gasteiger partial charge in [0.2, 0.25) is 0 Å². The van der Waals surface area contributed by atoms with Crippen LogP contribution in [0, 0.1) is 0 Å². The van der Waals surface area contributed by atoms with Gasteiger partial charge in [0.1, 0.15) is 5.75 Å². The summed E-state index contributed by atoms with van der Waals surface area (Å²) in [5, 5.41) is 3.29. The number of rotatable bonds is 7. The molecule has 1 aromatic heterocycles. The van der Waals surface area contributed by atoms with Crippen LogP contribution >= 0.6 is 0 Å². The molecule has 4 heteroatoms. The molecular weight excluding hydrogens is 264 g/mol. The number of ether oxygens (including phenoxy) is 2. The normalized spacial score (nSPS) is 10.2. The summed E-state index contributed by atoms with van der Waals surface area (Å²) in [7, 11) is 1.65. The van der Waals surface area contributed by atoms with Crippen molar-refractivity contribution in [2.75, 3.05) is 19.0 Å². The van der Waals surface area contributed by atoms with E-state index in [1.54, 1.807) is 19.5 Å². The van der Waals surface area contributed by atoms with Gasteiger partial charge in [-0.05, 0) is 30.5 Å². The Hall–Kier alpha value is -2.23. The van der Waals surface area contributed by atoms with E-state index in [2.05, 4.69) is 24.1 Å². The zero-order valence-electron chi connectivity index (χ0n) is 12.8. The number of anilines is 1. The van der Waals surface area contributed by atoms with E-state index in [1.165, 1.54) is 5.56 Å². The summed E-state index contributed by atoms with van der Waals surface area (Å²) in [6, 6.07) is 7.92. The summed E-state index contributed by atoms with van der Waals surface area (Å²) in [6.45, 7) is 5.16. The maximum absolute atomic E-state index is 5.89. The zero-order chi connectivity index (χ0) is 15.1. The fraction of sp³-hybridized carbons (Fsp3) is 0.353.